The standard InChI is InChI=1S/C13H7NO3/c15-12-9-6-5-7-3-1-2-4-8(7)10(9)13(16)11(12)14-17/h1-6,17H/b14-11+. The highest BCUT2D eigenvalue weighted by Gasteiger charge is 2.13. The van der Waals surface area contributed by atoms with Crippen molar-refractivity contribution in [3.05, 3.63) is 62.2 Å². The van der Waals surface area contributed by atoms with Crippen molar-refractivity contribution in [1.82, 2.24) is 0 Å². The molecular weight excluding hydrogens is 218 g/mol. The predicted octanol–water partition coefficient (Wildman–Crippen LogP) is 0.879. The number of benzene rings is 2. The molecule has 4 nitrogen and oxygen atoms in total. The number of hydrogen-bond acceptors (Lipinski definition) is 4. The third-order valence-corrected chi connectivity index (χ3v) is 2.93. The van der Waals surface area contributed by atoms with Crippen molar-refractivity contribution < 1.29 is 5.21 Å². The van der Waals surface area contributed by atoms with Gasteiger partial charge in [-0.15, -0.1) is 0 Å². The number of nitrogens with zero attached hydrogens (tertiary/aromatic N) is 1. The Morgan fingerprint density at radius 3 is 2.41 bits per heavy atom. The summed E-state index contributed by atoms with van der Waals surface area (Å²) in [5.74, 6) is 0. The molecule has 17 heavy (non-hydrogen) atoms. The number of hydrogen-bond donors (Lipinski definition) is 1. The summed E-state index contributed by atoms with van der Waals surface area (Å²) in [6.45, 7) is 0. The molecule has 0 radical (unpaired) electrons. The zero-order valence-corrected chi connectivity index (χ0v) is 8.68. The first-order valence-corrected chi connectivity index (χ1v) is 5.07. The minimum atomic E-state index is -0.516. The molecule has 3 aromatic carbocycles. The van der Waals surface area contributed by atoms with Gasteiger partial charge in [-0.3, -0.25) is 9.59 Å². The molecule has 0 atom stereocenters. The van der Waals surface area contributed by atoms with Crippen LogP contribution in [0.2, 0.25) is 0 Å². The highest BCUT2D eigenvalue weighted by molar-refractivity contribution is 6.07. The molecule has 0 saturated carbocycles. The van der Waals surface area contributed by atoms with Crippen LogP contribution in [0.25, 0.3) is 21.5 Å². The topological polar surface area (TPSA) is 66.7 Å². The summed E-state index contributed by atoms with van der Waals surface area (Å²) in [4.78, 5) is 23.7. The lowest BCUT2D eigenvalue weighted by Gasteiger charge is -1.96. The van der Waals surface area contributed by atoms with Crippen molar-refractivity contribution in [1.29, 1.82) is 0 Å². The second kappa shape index (κ2) is 3.25. The van der Waals surface area contributed by atoms with Crippen molar-refractivity contribution in [2.24, 2.45) is 5.16 Å². The molecule has 0 bridgehead atoms. The zero-order valence-electron chi connectivity index (χ0n) is 8.68. The molecule has 0 aliphatic heterocycles. The van der Waals surface area contributed by atoms with E-state index in [1.807, 2.05) is 12.1 Å². The molecule has 0 aliphatic carbocycles. The van der Waals surface area contributed by atoms with Gasteiger partial charge in [0, 0.05) is 10.8 Å². The van der Waals surface area contributed by atoms with Gasteiger partial charge in [-0.2, -0.15) is 0 Å². The molecule has 0 aromatic heterocycles. The Hall–Kier alpha value is -2.49. The van der Waals surface area contributed by atoms with Crippen molar-refractivity contribution in [2.75, 3.05) is 0 Å². The van der Waals surface area contributed by atoms with E-state index in [0.29, 0.717) is 16.2 Å². The average molecular weight is 225 g/mol. The van der Waals surface area contributed by atoms with Crippen LogP contribution in [0.5, 0.6) is 0 Å². The van der Waals surface area contributed by atoms with Crippen molar-refractivity contribution in [3.63, 3.8) is 0 Å². The van der Waals surface area contributed by atoms with Crippen LogP contribution in [-0.4, -0.2) is 5.21 Å². The van der Waals surface area contributed by atoms with E-state index in [1.165, 1.54) is 0 Å². The molecule has 0 saturated heterocycles. The summed E-state index contributed by atoms with van der Waals surface area (Å²) in [7, 11) is 0. The van der Waals surface area contributed by atoms with Gasteiger partial charge >= 0.3 is 0 Å². The van der Waals surface area contributed by atoms with E-state index in [-0.39, 0.29) is 0 Å². The molecule has 82 valence electrons. The van der Waals surface area contributed by atoms with E-state index < -0.39 is 16.2 Å². The van der Waals surface area contributed by atoms with Crippen LogP contribution in [0.3, 0.4) is 0 Å². The van der Waals surface area contributed by atoms with Crippen LogP contribution in [0.4, 0.5) is 0 Å². The molecule has 0 fully saturated rings. The van der Waals surface area contributed by atoms with Crippen LogP contribution in [0, 0.1) is 0 Å². The Morgan fingerprint density at radius 1 is 0.882 bits per heavy atom. The fourth-order valence-electron chi connectivity index (χ4n) is 2.15. The summed E-state index contributed by atoms with van der Waals surface area (Å²) >= 11 is 0. The summed E-state index contributed by atoms with van der Waals surface area (Å²) in [6, 6.07) is 10.7. The Kier molecular flexibility index (Phi) is 1.86. The van der Waals surface area contributed by atoms with E-state index in [1.54, 1.807) is 24.3 Å². The molecular formula is C13H7NO3. The van der Waals surface area contributed by atoms with Gasteiger partial charge < -0.3 is 5.21 Å². The summed E-state index contributed by atoms with van der Waals surface area (Å²) in [5.41, 5.74) is -1.03. The molecule has 4 heteroatoms. The lowest BCUT2D eigenvalue weighted by Crippen LogP contribution is -2.31. The second-order valence-corrected chi connectivity index (χ2v) is 3.82. The Balaban J connectivity index is 2.80. The fraction of sp³-hybridized carbons (Fsp3) is 0. The van der Waals surface area contributed by atoms with Gasteiger partial charge in [0.25, 0.3) is 0 Å². The minimum Gasteiger partial charge on any atom is -0.410 e. The summed E-state index contributed by atoms with van der Waals surface area (Å²) < 4.78 is 0. The smallest absolute Gasteiger partial charge is 0.220 e. The maximum absolute atomic E-state index is 11.9. The van der Waals surface area contributed by atoms with Crippen LogP contribution in [-0.2, 0) is 0 Å². The van der Waals surface area contributed by atoms with Gasteiger partial charge in [0.15, 0.2) is 5.36 Å². The molecule has 0 aliphatic rings. The largest absolute Gasteiger partial charge is 0.410 e. The highest BCUT2D eigenvalue weighted by atomic mass is 16.4. The lowest BCUT2D eigenvalue weighted by molar-refractivity contribution is 0.301. The first-order valence-electron chi connectivity index (χ1n) is 5.07. The highest BCUT2D eigenvalue weighted by Crippen LogP contribution is 2.19. The maximum Gasteiger partial charge on any atom is 0.220 e. The predicted molar refractivity (Wildman–Crippen MR) is 63.7 cm³/mol. The Labute approximate surface area is 94.8 Å². The molecule has 3 aromatic rings. The van der Waals surface area contributed by atoms with Gasteiger partial charge in [0.2, 0.25) is 10.9 Å². The van der Waals surface area contributed by atoms with Crippen molar-refractivity contribution in [3.8, 4) is 0 Å². The van der Waals surface area contributed by atoms with Crippen molar-refractivity contribution >= 4 is 21.5 Å². The fourth-order valence-corrected chi connectivity index (χ4v) is 2.15. The molecule has 0 unspecified atom stereocenters. The van der Waals surface area contributed by atoms with Crippen LogP contribution in [0.1, 0.15) is 0 Å². The Morgan fingerprint density at radius 2 is 1.65 bits per heavy atom. The molecule has 0 heterocycles. The molecule has 3 rings (SSSR count). The summed E-state index contributed by atoms with van der Waals surface area (Å²) in [5, 5.41) is 13.3. The van der Waals surface area contributed by atoms with Gasteiger partial charge in [0.1, 0.15) is 0 Å². The van der Waals surface area contributed by atoms with E-state index in [2.05, 4.69) is 5.16 Å². The molecule has 1 N–H and O–H groups in total. The summed E-state index contributed by atoms with van der Waals surface area (Å²) in [6.07, 6.45) is 0. The SMILES string of the molecule is O=c1/c(=N\O)c(=O)c2c1ccc1ccccc12. The Bertz CT molecular complexity index is 887. The monoisotopic (exact) mass is 225 g/mol. The van der Waals surface area contributed by atoms with E-state index >= 15 is 0 Å². The number of fused-ring (bicyclic) bond motifs is 3. The second-order valence-electron chi connectivity index (χ2n) is 3.82. The third-order valence-electron chi connectivity index (χ3n) is 2.93. The number of rotatable bonds is 0. The first-order chi connectivity index (χ1) is 8.24. The quantitative estimate of drug-likeness (QED) is 0.456. The lowest BCUT2D eigenvalue weighted by atomic mass is 10.1. The normalized spacial score (nSPS) is 12.6. The minimum absolute atomic E-state index is 0.307. The van der Waals surface area contributed by atoms with Crippen LogP contribution in [0.15, 0.2) is 51.1 Å². The van der Waals surface area contributed by atoms with Gasteiger partial charge in [-0.05, 0) is 16.8 Å². The van der Waals surface area contributed by atoms with E-state index in [9.17, 15) is 9.59 Å². The van der Waals surface area contributed by atoms with E-state index in [4.69, 9.17) is 5.21 Å². The molecule has 0 spiro atoms. The molecule has 0 amide bonds. The third kappa shape index (κ3) is 1.15. The van der Waals surface area contributed by atoms with E-state index in [0.717, 1.165) is 5.39 Å². The van der Waals surface area contributed by atoms with Crippen LogP contribution >= 0.6 is 0 Å². The van der Waals surface area contributed by atoms with Gasteiger partial charge in [-0.1, -0.05) is 35.5 Å². The van der Waals surface area contributed by atoms with Gasteiger partial charge in [0.05, 0.1) is 0 Å². The first kappa shape index (κ1) is 9.72. The zero-order chi connectivity index (χ0) is 12.0. The average Bonchev–Trinajstić information content (AvgIpc) is 2.61. The van der Waals surface area contributed by atoms with Crippen LogP contribution < -0.4 is 16.2 Å². The maximum atomic E-state index is 11.9. The van der Waals surface area contributed by atoms with Crippen molar-refractivity contribution in [2.45, 2.75) is 0 Å². The van der Waals surface area contributed by atoms with Gasteiger partial charge in [-0.25, -0.2) is 0 Å².